The average molecular weight is 500 g/mol. The van der Waals surface area contributed by atoms with E-state index >= 15 is 0 Å². The number of allylic oxidation sites excluding steroid dienone is 2. The Labute approximate surface area is 230 Å². The van der Waals surface area contributed by atoms with Gasteiger partial charge in [0.2, 0.25) is 0 Å². The van der Waals surface area contributed by atoms with E-state index in [9.17, 15) is 0 Å². The van der Waals surface area contributed by atoms with Gasteiger partial charge >= 0.3 is 0 Å². The number of rotatable bonds is 5. The molecule has 186 valence electrons. The van der Waals surface area contributed by atoms with Crippen LogP contribution in [0, 0.1) is 0 Å². The summed E-state index contributed by atoms with van der Waals surface area (Å²) in [5.74, 6) is 0.406. The second-order valence-electron chi connectivity index (χ2n) is 10.2. The lowest BCUT2D eigenvalue weighted by Crippen LogP contribution is -2.28. The molecule has 1 nitrogen and oxygen atoms in total. The van der Waals surface area contributed by atoms with Crippen LogP contribution in [0.5, 0.6) is 0 Å². The zero-order chi connectivity index (χ0) is 26.0. The van der Waals surface area contributed by atoms with Crippen molar-refractivity contribution in [3.63, 3.8) is 0 Å². The van der Waals surface area contributed by atoms with E-state index in [4.69, 9.17) is 0 Å². The molecule has 0 amide bonds. The van der Waals surface area contributed by atoms with Crippen molar-refractivity contribution < 1.29 is 0 Å². The van der Waals surface area contributed by atoms with Crippen molar-refractivity contribution in [2.45, 2.75) is 12.0 Å². The molecule has 2 aliphatic rings. The second-order valence-corrected chi connectivity index (χ2v) is 10.2. The summed E-state index contributed by atoms with van der Waals surface area (Å²) >= 11 is 0. The van der Waals surface area contributed by atoms with Gasteiger partial charge in [0.05, 0.1) is 6.04 Å². The largest absolute Gasteiger partial charge is 0.333 e. The Hall–Kier alpha value is -4.88. The highest BCUT2D eigenvalue weighted by Crippen LogP contribution is 2.47. The minimum atomic E-state index is 0.327. The lowest BCUT2D eigenvalue weighted by molar-refractivity contribution is 0.745. The molecular formula is C38H29N. The Kier molecular flexibility index (Phi) is 6.03. The van der Waals surface area contributed by atoms with Crippen molar-refractivity contribution in [1.82, 2.24) is 0 Å². The molecular weight excluding hydrogens is 470 g/mol. The maximum Gasteiger partial charge on any atom is 0.0629 e. The van der Waals surface area contributed by atoms with E-state index in [1.54, 1.807) is 0 Å². The molecule has 1 aliphatic carbocycles. The highest BCUT2D eigenvalue weighted by Gasteiger charge is 2.36. The van der Waals surface area contributed by atoms with Crippen LogP contribution in [-0.2, 0) is 0 Å². The Bertz CT molecular complexity index is 1630. The molecule has 7 rings (SSSR count). The third kappa shape index (κ3) is 4.43. The Morgan fingerprint density at radius 1 is 0.538 bits per heavy atom. The van der Waals surface area contributed by atoms with E-state index in [1.807, 2.05) is 0 Å². The van der Waals surface area contributed by atoms with Crippen LogP contribution in [0.1, 0.15) is 28.2 Å². The SMILES string of the molecule is C1=CC2c3ccccc3N(c3ccc(-c4ccc(C=C(c5ccccc5)c5ccccc5)cc4)cc3)C2C=C1. The van der Waals surface area contributed by atoms with Gasteiger partial charge in [0.25, 0.3) is 0 Å². The first-order valence-corrected chi connectivity index (χ1v) is 13.6. The van der Waals surface area contributed by atoms with Crippen LogP contribution in [0.3, 0.4) is 0 Å². The number of fused-ring (bicyclic) bond motifs is 3. The van der Waals surface area contributed by atoms with Crippen molar-refractivity contribution in [2.75, 3.05) is 4.90 Å². The first-order chi connectivity index (χ1) is 19.3. The van der Waals surface area contributed by atoms with E-state index < -0.39 is 0 Å². The molecule has 1 aliphatic heterocycles. The van der Waals surface area contributed by atoms with Crippen LogP contribution in [0.2, 0.25) is 0 Å². The zero-order valence-electron chi connectivity index (χ0n) is 21.7. The minimum absolute atomic E-state index is 0.327. The van der Waals surface area contributed by atoms with E-state index in [0.717, 1.165) is 0 Å². The van der Waals surface area contributed by atoms with Crippen LogP contribution >= 0.6 is 0 Å². The standard InChI is InChI=1S/C38H29N/c1-3-11-31(12-4-1)36(32-13-5-2-6-14-32)27-28-19-21-29(22-20-28)30-23-25-33(26-24-30)39-37-17-9-7-15-34(37)35-16-8-10-18-38(35)39/h1-27,34,37H. The van der Waals surface area contributed by atoms with Crippen molar-refractivity contribution in [3.8, 4) is 11.1 Å². The first-order valence-electron chi connectivity index (χ1n) is 13.6. The second kappa shape index (κ2) is 10.1. The third-order valence-corrected chi connectivity index (χ3v) is 7.83. The number of hydrogen-bond donors (Lipinski definition) is 0. The Morgan fingerprint density at radius 2 is 1.10 bits per heavy atom. The number of hydrogen-bond acceptors (Lipinski definition) is 1. The molecule has 2 unspecified atom stereocenters. The molecule has 0 bridgehead atoms. The molecule has 0 radical (unpaired) electrons. The molecule has 1 heterocycles. The average Bonchev–Trinajstić information content (AvgIpc) is 3.36. The molecule has 2 atom stereocenters. The molecule has 0 fully saturated rings. The monoisotopic (exact) mass is 499 g/mol. The van der Waals surface area contributed by atoms with Gasteiger partial charge in [0.1, 0.15) is 0 Å². The maximum absolute atomic E-state index is 2.48. The summed E-state index contributed by atoms with van der Waals surface area (Å²) in [7, 11) is 0. The third-order valence-electron chi connectivity index (χ3n) is 7.83. The van der Waals surface area contributed by atoms with Crippen molar-refractivity contribution >= 4 is 23.0 Å². The fourth-order valence-electron chi connectivity index (χ4n) is 5.91. The van der Waals surface area contributed by atoms with Gasteiger partial charge in [0, 0.05) is 17.3 Å². The predicted molar refractivity (Wildman–Crippen MR) is 165 cm³/mol. The number of benzene rings is 5. The molecule has 0 N–H and O–H groups in total. The summed E-state index contributed by atoms with van der Waals surface area (Å²) in [6, 6.07) is 48.3. The van der Waals surface area contributed by atoms with Crippen molar-refractivity contribution in [2.24, 2.45) is 0 Å². The fraction of sp³-hybridized carbons (Fsp3) is 0.0526. The van der Waals surface area contributed by atoms with E-state index in [2.05, 4.69) is 169 Å². The van der Waals surface area contributed by atoms with Crippen LogP contribution in [0.25, 0.3) is 22.8 Å². The van der Waals surface area contributed by atoms with Crippen LogP contribution < -0.4 is 4.90 Å². The smallest absolute Gasteiger partial charge is 0.0629 e. The summed E-state index contributed by atoms with van der Waals surface area (Å²) in [5.41, 5.74) is 11.2. The van der Waals surface area contributed by atoms with Gasteiger partial charge in [-0.3, -0.25) is 0 Å². The number of para-hydroxylation sites is 1. The quantitative estimate of drug-likeness (QED) is 0.218. The molecule has 0 aromatic heterocycles. The molecule has 0 saturated heterocycles. The molecule has 5 aromatic rings. The van der Waals surface area contributed by atoms with Gasteiger partial charge in [0.15, 0.2) is 0 Å². The van der Waals surface area contributed by atoms with E-state index in [0.29, 0.717) is 12.0 Å². The number of nitrogens with zero attached hydrogens (tertiary/aromatic N) is 1. The lowest BCUT2D eigenvalue weighted by Gasteiger charge is -2.28. The normalized spacial score (nSPS) is 17.0. The molecule has 0 spiro atoms. The highest BCUT2D eigenvalue weighted by molar-refractivity contribution is 5.91. The van der Waals surface area contributed by atoms with Crippen LogP contribution in [-0.4, -0.2) is 6.04 Å². The van der Waals surface area contributed by atoms with Gasteiger partial charge in [-0.2, -0.15) is 0 Å². The maximum atomic E-state index is 2.48. The van der Waals surface area contributed by atoms with Crippen LogP contribution in [0.15, 0.2) is 158 Å². The first kappa shape index (κ1) is 23.3. The summed E-state index contributed by atoms with van der Waals surface area (Å²) in [5, 5.41) is 0. The van der Waals surface area contributed by atoms with Gasteiger partial charge in [-0.05, 0) is 63.2 Å². The highest BCUT2D eigenvalue weighted by atomic mass is 15.2. The molecule has 0 saturated carbocycles. The van der Waals surface area contributed by atoms with Gasteiger partial charge < -0.3 is 4.90 Å². The fourth-order valence-corrected chi connectivity index (χ4v) is 5.91. The number of anilines is 2. The predicted octanol–water partition coefficient (Wildman–Crippen LogP) is 9.67. The summed E-state index contributed by atoms with van der Waals surface area (Å²) in [6.45, 7) is 0. The molecule has 5 aromatic carbocycles. The van der Waals surface area contributed by atoms with E-state index in [-0.39, 0.29) is 0 Å². The molecule has 1 heteroatoms. The van der Waals surface area contributed by atoms with Gasteiger partial charge in [-0.15, -0.1) is 0 Å². The van der Waals surface area contributed by atoms with Gasteiger partial charge in [-0.25, -0.2) is 0 Å². The lowest BCUT2D eigenvalue weighted by atomic mass is 9.91. The van der Waals surface area contributed by atoms with Gasteiger partial charge in [-0.1, -0.05) is 140 Å². The Balaban J connectivity index is 1.17. The van der Waals surface area contributed by atoms with E-state index in [1.165, 1.54) is 50.3 Å². The van der Waals surface area contributed by atoms with Crippen molar-refractivity contribution in [1.29, 1.82) is 0 Å². The molecule has 39 heavy (non-hydrogen) atoms. The zero-order valence-corrected chi connectivity index (χ0v) is 21.7. The summed E-state index contributed by atoms with van der Waals surface area (Å²) < 4.78 is 0. The van der Waals surface area contributed by atoms with Crippen LogP contribution in [0.4, 0.5) is 11.4 Å². The summed E-state index contributed by atoms with van der Waals surface area (Å²) in [6.07, 6.45) is 11.3. The topological polar surface area (TPSA) is 3.24 Å². The van der Waals surface area contributed by atoms with Crippen molar-refractivity contribution in [3.05, 3.63) is 180 Å². The Morgan fingerprint density at radius 3 is 1.77 bits per heavy atom. The summed E-state index contributed by atoms with van der Waals surface area (Å²) in [4.78, 5) is 2.48. The minimum Gasteiger partial charge on any atom is -0.333 e.